The number of carbonyl (C=O) groups is 1. The van der Waals surface area contributed by atoms with Crippen LogP contribution in [0.3, 0.4) is 0 Å². The molecule has 1 fully saturated rings. The number of rotatable bonds is 8. The first-order valence-electron chi connectivity index (χ1n) is 8.57. The summed E-state index contributed by atoms with van der Waals surface area (Å²) in [5.41, 5.74) is 1.07. The second kappa shape index (κ2) is 8.74. The first-order chi connectivity index (χ1) is 11.4. The van der Waals surface area contributed by atoms with Crippen LogP contribution in [0.1, 0.15) is 24.8 Å². The normalized spacial score (nSPS) is 19.5. The van der Waals surface area contributed by atoms with Gasteiger partial charge in [-0.05, 0) is 37.9 Å². The second-order valence-corrected chi connectivity index (χ2v) is 9.02. The maximum atomic E-state index is 12.5. The monoisotopic (exact) mass is 352 g/mol. The summed E-state index contributed by atoms with van der Waals surface area (Å²) < 4.78 is 24.9. The quantitative estimate of drug-likeness (QED) is 0.716. The van der Waals surface area contributed by atoms with E-state index in [1.54, 1.807) is 14.1 Å². The molecule has 0 spiro atoms. The van der Waals surface area contributed by atoms with Crippen molar-refractivity contribution in [1.82, 2.24) is 9.21 Å². The Hall–Kier alpha value is -1.24. The first kappa shape index (κ1) is 19.1. The van der Waals surface area contributed by atoms with Crippen molar-refractivity contribution in [1.29, 1.82) is 0 Å². The molecule has 0 saturated carbocycles. The summed E-state index contributed by atoms with van der Waals surface area (Å²) in [6, 6.07) is 9.86. The molecule has 0 unspecified atom stereocenters. The predicted octanol–water partition coefficient (Wildman–Crippen LogP) is 1.79. The smallest absolute Gasteiger partial charge is 0.213 e. The average molecular weight is 353 g/mol. The molecule has 1 atom stereocenters. The van der Waals surface area contributed by atoms with Gasteiger partial charge < -0.3 is 4.90 Å². The number of hydrogen-bond donors (Lipinski definition) is 0. The molecule has 134 valence electrons. The van der Waals surface area contributed by atoms with Gasteiger partial charge in [0.2, 0.25) is 10.0 Å². The molecule has 6 heteroatoms. The average Bonchev–Trinajstić information content (AvgIpc) is 2.56. The first-order valence-corrected chi connectivity index (χ1v) is 10.2. The van der Waals surface area contributed by atoms with Gasteiger partial charge in [0.1, 0.15) is 5.78 Å². The van der Waals surface area contributed by atoms with Gasteiger partial charge in [0.15, 0.2) is 0 Å². The topological polar surface area (TPSA) is 57.7 Å². The molecule has 0 amide bonds. The van der Waals surface area contributed by atoms with Crippen LogP contribution < -0.4 is 0 Å². The van der Waals surface area contributed by atoms with Crippen LogP contribution in [-0.2, 0) is 21.2 Å². The van der Waals surface area contributed by atoms with Gasteiger partial charge in [0.25, 0.3) is 0 Å². The number of sulfonamides is 1. The molecular weight excluding hydrogens is 324 g/mol. The fraction of sp³-hybridized carbons (Fsp3) is 0.611. The summed E-state index contributed by atoms with van der Waals surface area (Å²) >= 11 is 0. The van der Waals surface area contributed by atoms with E-state index in [0.29, 0.717) is 18.6 Å². The van der Waals surface area contributed by atoms with Crippen LogP contribution in [-0.4, -0.2) is 62.9 Å². The van der Waals surface area contributed by atoms with E-state index >= 15 is 0 Å². The minimum absolute atomic E-state index is 0.0735. The van der Waals surface area contributed by atoms with Crippen LogP contribution >= 0.6 is 0 Å². The minimum atomic E-state index is -3.13. The number of benzene rings is 1. The summed E-state index contributed by atoms with van der Waals surface area (Å²) in [5.74, 6) is 0.537. The van der Waals surface area contributed by atoms with Gasteiger partial charge in [-0.3, -0.25) is 4.79 Å². The highest BCUT2D eigenvalue weighted by atomic mass is 32.2. The van der Waals surface area contributed by atoms with Gasteiger partial charge >= 0.3 is 0 Å². The Morgan fingerprint density at radius 2 is 1.96 bits per heavy atom. The Kier molecular flexibility index (Phi) is 6.95. The number of piperidine rings is 1. The van der Waals surface area contributed by atoms with Crippen LogP contribution in [0, 0.1) is 5.92 Å². The van der Waals surface area contributed by atoms with E-state index in [0.717, 1.165) is 38.0 Å². The van der Waals surface area contributed by atoms with Crippen molar-refractivity contribution >= 4 is 15.8 Å². The van der Waals surface area contributed by atoms with Gasteiger partial charge in [-0.15, -0.1) is 0 Å². The summed E-state index contributed by atoms with van der Waals surface area (Å²) in [5, 5.41) is 0. The summed E-state index contributed by atoms with van der Waals surface area (Å²) in [7, 11) is -0.00184. The molecule has 0 bridgehead atoms. The van der Waals surface area contributed by atoms with Crippen molar-refractivity contribution in [2.45, 2.75) is 25.7 Å². The molecule has 0 aliphatic carbocycles. The Morgan fingerprint density at radius 3 is 2.62 bits per heavy atom. The number of carbonyl (C=O) groups excluding carboxylic acids is 1. The molecule has 24 heavy (non-hydrogen) atoms. The van der Waals surface area contributed by atoms with Crippen molar-refractivity contribution in [2.24, 2.45) is 5.92 Å². The van der Waals surface area contributed by atoms with Gasteiger partial charge in [0.05, 0.1) is 5.75 Å². The fourth-order valence-electron chi connectivity index (χ4n) is 3.12. The number of nitrogens with zero attached hydrogens (tertiary/aromatic N) is 2. The maximum absolute atomic E-state index is 12.5. The molecule has 1 aliphatic rings. The third kappa shape index (κ3) is 5.69. The van der Waals surface area contributed by atoms with Crippen LogP contribution in [0.25, 0.3) is 0 Å². The molecule has 1 aliphatic heterocycles. The van der Waals surface area contributed by atoms with Crippen molar-refractivity contribution in [2.75, 3.05) is 39.5 Å². The van der Waals surface area contributed by atoms with Crippen LogP contribution in [0.2, 0.25) is 0 Å². The highest BCUT2D eigenvalue weighted by Crippen LogP contribution is 2.19. The number of likely N-dealkylation sites (tertiary alicyclic amines) is 1. The summed E-state index contributed by atoms with van der Waals surface area (Å²) in [6.07, 6.45) is 3.05. The van der Waals surface area contributed by atoms with E-state index < -0.39 is 10.0 Å². The van der Waals surface area contributed by atoms with E-state index in [1.807, 2.05) is 30.3 Å². The lowest BCUT2D eigenvalue weighted by atomic mass is 9.90. The fourth-order valence-corrected chi connectivity index (χ4v) is 3.98. The van der Waals surface area contributed by atoms with E-state index in [2.05, 4.69) is 4.90 Å². The molecule has 0 N–H and O–H groups in total. The molecule has 5 nitrogen and oxygen atoms in total. The Balaban J connectivity index is 1.80. The molecule has 2 rings (SSSR count). The molecular formula is C18H28N2O3S. The zero-order chi connectivity index (χ0) is 17.6. The standard InChI is InChI=1S/C18H28N2O3S/c1-19(2)24(22,23)13-7-12-20-11-6-10-17(15-20)18(21)14-16-8-4-3-5-9-16/h3-5,8-9,17H,6-7,10-15H2,1-2H3/t17-/m0/s1. The molecule has 1 saturated heterocycles. The second-order valence-electron chi connectivity index (χ2n) is 6.72. The number of hydrogen-bond acceptors (Lipinski definition) is 4. The maximum Gasteiger partial charge on any atom is 0.213 e. The summed E-state index contributed by atoms with van der Waals surface area (Å²) in [6.45, 7) is 2.45. The van der Waals surface area contributed by atoms with E-state index in [-0.39, 0.29) is 11.7 Å². The zero-order valence-electron chi connectivity index (χ0n) is 14.6. The molecule has 1 aromatic carbocycles. The number of ketones is 1. The van der Waals surface area contributed by atoms with Gasteiger partial charge in [-0.1, -0.05) is 30.3 Å². The van der Waals surface area contributed by atoms with E-state index in [9.17, 15) is 13.2 Å². The lowest BCUT2D eigenvalue weighted by Gasteiger charge is -2.32. The SMILES string of the molecule is CN(C)S(=O)(=O)CCCN1CCC[C@H](C(=O)Cc2ccccc2)C1. The van der Waals surface area contributed by atoms with Gasteiger partial charge in [0, 0.05) is 33.0 Å². The zero-order valence-corrected chi connectivity index (χ0v) is 15.5. The van der Waals surface area contributed by atoms with Gasteiger partial charge in [-0.25, -0.2) is 12.7 Å². The number of Topliss-reactive ketones (excluding diaryl/α,β-unsaturated/α-hetero) is 1. The van der Waals surface area contributed by atoms with Gasteiger partial charge in [-0.2, -0.15) is 0 Å². The Bertz CT molecular complexity index is 629. The third-order valence-electron chi connectivity index (χ3n) is 4.62. The van der Waals surface area contributed by atoms with Crippen molar-refractivity contribution in [3.63, 3.8) is 0 Å². The Morgan fingerprint density at radius 1 is 1.25 bits per heavy atom. The van der Waals surface area contributed by atoms with Crippen LogP contribution in [0.5, 0.6) is 0 Å². The summed E-state index contributed by atoms with van der Waals surface area (Å²) in [4.78, 5) is 14.7. The lowest BCUT2D eigenvalue weighted by Crippen LogP contribution is -2.40. The van der Waals surface area contributed by atoms with Crippen molar-refractivity contribution < 1.29 is 13.2 Å². The molecule has 0 radical (unpaired) electrons. The highest BCUT2D eigenvalue weighted by Gasteiger charge is 2.25. The molecule has 1 heterocycles. The molecule has 0 aromatic heterocycles. The van der Waals surface area contributed by atoms with Crippen LogP contribution in [0.15, 0.2) is 30.3 Å². The van der Waals surface area contributed by atoms with Crippen molar-refractivity contribution in [3.05, 3.63) is 35.9 Å². The largest absolute Gasteiger partial charge is 0.303 e. The molecule has 1 aromatic rings. The Labute approximate surface area is 145 Å². The van der Waals surface area contributed by atoms with Crippen LogP contribution in [0.4, 0.5) is 0 Å². The van der Waals surface area contributed by atoms with E-state index in [4.69, 9.17) is 0 Å². The van der Waals surface area contributed by atoms with Crippen molar-refractivity contribution in [3.8, 4) is 0 Å². The minimum Gasteiger partial charge on any atom is -0.303 e. The lowest BCUT2D eigenvalue weighted by molar-refractivity contribution is -0.123. The van der Waals surface area contributed by atoms with E-state index in [1.165, 1.54) is 4.31 Å². The third-order valence-corrected chi connectivity index (χ3v) is 6.53. The highest BCUT2D eigenvalue weighted by molar-refractivity contribution is 7.89. The predicted molar refractivity (Wildman–Crippen MR) is 96.4 cm³/mol.